The molecule has 1 saturated heterocycles. The number of aryl methyl sites for hydroxylation is 1. The van der Waals surface area contributed by atoms with Crippen LogP contribution < -0.4 is 15.0 Å². The van der Waals surface area contributed by atoms with Crippen molar-refractivity contribution in [3.8, 4) is 5.75 Å². The number of methoxy groups -OCH3 is 1. The highest BCUT2D eigenvalue weighted by Gasteiger charge is 2.40. The lowest BCUT2D eigenvalue weighted by Crippen LogP contribution is -2.31. The number of imide groups is 1. The lowest BCUT2D eigenvalue weighted by molar-refractivity contribution is -0.121. The number of amides is 3. The largest absolute Gasteiger partial charge is 0.495 e. The summed E-state index contributed by atoms with van der Waals surface area (Å²) in [6, 6.07) is 12.3. The van der Waals surface area contributed by atoms with Crippen molar-refractivity contribution in [2.24, 2.45) is 0 Å². The third-order valence-corrected chi connectivity index (χ3v) is 6.05. The van der Waals surface area contributed by atoms with Crippen LogP contribution in [0.1, 0.15) is 18.9 Å². The maximum atomic E-state index is 12.7. The molecule has 1 fully saturated rings. The van der Waals surface area contributed by atoms with E-state index in [-0.39, 0.29) is 29.9 Å². The van der Waals surface area contributed by atoms with Crippen molar-refractivity contribution < 1.29 is 19.1 Å². The summed E-state index contributed by atoms with van der Waals surface area (Å²) in [6.07, 6.45) is 0.968. The van der Waals surface area contributed by atoms with Gasteiger partial charge in [-0.1, -0.05) is 30.7 Å². The molecule has 1 atom stereocenters. The molecule has 3 amide bonds. The summed E-state index contributed by atoms with van der Waals surface area (Å²) in [7, 11) is 1.51. The van der Waals surface area contributed by atoms with E-state index in [4.69, 9.17) is 16.3 Å². The Kier molecular flexibility index (Phi) is 6.82. The molecule has 1 heterocycles. The first-order valence-electron chi connectivity index (χ1n) is 9.13. The molecule has 1 N–H and O–H groups in total. The Bertz CT molecular complexity index is 933. The molecule has 8 heteroatoms. The maximum absolute atomic E-state index is 12.7. The zero-order valence-electron chi connectivity index (χ0n) is 16.1. The predicted molar refractivity (Wildman–Crippen MR) is 116 cm³/mol. The lowest BCUT2D eigenvalue weighted by atomic mass is 10.1. The van der Waals surface area contributed by atoms with Crippen LogP contribution in [0.25, 0.3) is 0 Å². The van der Waals surface area contributed by atoms with Crippen molar-refractivity contribution in [2.75, 3.05) is 23.1 Å². The van der Waals surface area contributed by atoms with Crippen molar-refractivity contribution in [1.29, 1.82) is 0 Å². The second kappa shape index (κ2) is 9.33. The van der Waals surface area contributed by atoms with Gasteiger partial charge >= 0.3 is 0 Å². The first-order chi connectivity index (χ1) is 13.9. The quantitative estimate of drug-likeness (QED) is 0.671. The Morgan fingerprint density at radius 1 is 1.24 bits per heavy atom. The Hall–Kier alpha value is -2.51. The number of thioether (sulfide) groups is 1. The number of hydrogen-bond acceptors (Lipinski definition) is 5. The van der Waals surface area contributed by atoms with Crippen LogP contribution in [-0.2, 0) is 20.8 Å². The molecule has 0 spiro atoms. The molecule has 2 aromatic carbocycles. The van der Waals surface area contributed by atoms with Gasteiger partial charge in [-0.15, -0.1) is 11.8 Å². The second-order valence-corrected chi connectivity index (χ2v) is 8.09. The van der Waals surface area contributed by atoms with Gasteiger partial charge in [0.2, 0.25) is 17.7 Å². The normalized spacial score (nSPS) is 16.2. The van der Waals surface area contributed by atoms with Crippen molar-refractivity contribution >= 4 is 52.5 Å². The Morgan fingerprint density at radius 3 is 2.59 bits per heavy atom. The number of carbonyl (C=O) groups excluding carboxylic acids is 3. The minimum absolute atomic E-state index is 0.0515. The van der Waals surface area contributed by atoms with Gasteiger partial charge in [0.15, 0.2) is 0 Å². The molecule has 6 nitrogen and oxygen atoms in total. The van der Waals surface area contributed by atoms with E-state index >= 15 is 0 Å². The molecule has 2 aromatic rings. The molecular weight excluding hydrogens is 412 g/mol. The standard InChI is InChI=1S/C21H21ClN2O4S/c1-3-13-4-7-15(8-5-13)24-20(26)11-18(21(24)27)29-12-19(25)23-14-6-9-17(28-2)16(22)10-14/h4-10,18H,3,11-12H2,1-2H3,(H,23,25). The van der Waals surface area contributed by atoms with Gasteiger partial charge in [-0.25, -0.2) is 4.90 Å². The van der Waals surface area contributed by atoms with E-state index in [1.165, 1.54) is 12.0 Å². The molecule has 0 aliphatic carbocycles. The number of benzene rings is 2. The van der Waals surface area contributed by atoms with Gasteiger partial charge in [0.1, 0.15) is 5.75 Å². The molecule has 1 aliphatic rings. The minimum atomic E-state index is -0.571. The number of hydrogen-bond donors (Lipinski definition) is 1. The minimum Gasteiger partial charge on any atom is -0.495 e. The van der Waals surface area contributed by atoms with Crippen LogP contribution in [0.3, 0.4) is 0 Å². The van der Waals surface area contributed by atoms with Crippen LogP contribution in [0.2, 0.25) is 5.02 Å². The van der Waals surface area contributed by atoms with Gasteiger partial charge in [-0.05, 0) is 42.3 Å². The van der Waals surface area contributed by atoms with Gasteiger partial charge in [0.25, 0.3) is 0 Å². The monoisotopic (exact) mass is 432 g/mol. The van der Waals surface area contributed by atoms with Gasteiger partial charge in [0, 0.05) is 12.1 Å². The van der Waals surface area contributed by atoms with Crippen molar-refractivity contribution in [1.82, 2.24) is 0 Å². The Morgan fingerprint density at radius 2 is 1.97 bits per heavy atom. The van der Waals surface area contributed by atoms with Crippen LogP contribution in [0.15, 0.2) is 42.5 Å². The van der Waals surface area contributed by atoms with E-state index in [0.29, 0.717) is 22.1 Å². The number of nitrogens with one attached hydrogen (secondary N) is 1. The molecule has 3 rings (SSSR count). The van der Waals surface area contributed by atoms with Gasteiger partial charge < -0.3 is 10.1 Å². The van der Waals surface area contributed by atoms with Crippen LogP contribution in [0.5, 0.6) is 5.75 Å². The Balaban J connectivity index is 1.58. The summed E-state index contributed by atoms with van der Waals surface area (Å²) in [5.41, 5.74) is 2.24. The molecule has 1 unspecified atom stereocenters. The van der Waals surface area contributed by atoms with E-state index in [0.717, 1.165) is 23.7 Å². The van der Waals surface area contributed by atoms with E-state index in [2.05, 4.69) is 5.32 Å². The predicted octanol–water partition coefficient (Wildman–Crippen LogP) is 3.91. The molecule has 29 heavy (non-hydrogen) atoms. The van der Waals surface area contributed by atoms with E-state index in [9.17, 15) is 14.4 Å². The van der Waals surface area contributed by atoms with Gasteiger partial charge in [0.05, 0.1) is 28.8 Å². The maximum Gasteiger partial charge on any atom is 0.247 e. The molecule has 0 radical (unpaired) electrons. The average Bonchev–Trinajstić information content (AvgIpc) is 3.00. The van der Waals surface area contributed by atoms with E-state index in [1.807, 2.05) is 19.1 Å². The molecule has 0 aromatic heterocycles. The molecular formula is C21H21ClN2O4S. The first kappa shape index (κ1) is 21.2. The third kappa shape index (κ3) is 4.92. The highest BCUT2D eigenvalue weighted by molar-refractivity contribution is 8.01. The third-order valence-electron chi connectivity index (χ3n) is 4.56. The zero-order chi connectivity index (χ0) is 21.0. The fourth-order valence-corrected chi connectivity index (χ4v) is 4.19. The summed E-state index contributed by atoms with van der Waals surface area (Å²) in [4.78, 5) is 38.5. The Labute approximate surface area is 178 Å². The van der Waals surface area contributed by atoms with Crippen LogP contribution in [-0.4, -0.2) is 35.8 Å². The van der Waals surface area contributed by atoms with Crippen molar-refractivity contribution in [2.45, 2.75) is 25.0 Å². The molecule has 1 aliphatic heterocycles. The molecule has 0 bridgehead atoms. The van der Waals surface area contributed by atoms with Crippen LogP contribution >= 0.6 is 23.4 Å². The van der Waals surface area contributed by atoms with E-state index < -0.39 is 5.25 Å². The van der Waals surface area contributed by atoms with Crippen LogP contribution in [0, 0.1) is 0 Å². The number of halogens is 1. The number of nitrogens with zero attached hydrogens (tertiary/aromatic N) is 1. The fraction of sp³-hybridized carbons (Fsp3) is 0.286. The highest BCUT2D eigenvalue weighted by atomic mass is 35.5. The first-order valence-corrected chi connectivity index (χ1v) is 10.6. The molecule has 152 valence electrons. The SMILES string of the molecule is CCc1ccc(N2C(=O)CC(SCC(=O)Nc3ccc(OC)c(Cl)c3)C2=O)cc1. The fourth-order valence-electron chi connectivity index (χ4n) is 3.00. The smallest absolute Gasteiger partial charge is 0.247 e. The lowest BCUT2D eigenvalue weighted by Gasteiger charge is -2.15. The number of rotatable bonds is 7. The number of ether oxygens (including phenoxy) is 1. The van der Waals surface area contributed by atoms with Crippen molar-refractivity contribution in [3.05, 3.63) is 53.1 Å². The number of anilines is 2. The van der Waals surface area contributed by atoms with Gasteiger partial charge in [-0.3, -0.25) is 14.4 Å². The topological polar surface area (TPSA) is 75.7 Å². The summed E-state index contributed by atoms with van der Waals surface area (Å²) in [5.74, 6) is -0.248. The summed E-state index contributed by atoms with van der Waals surface area (Å²) in [5, 5.41) is 2.55. The summed E-state index contributed by atoms with van der Waals surface area (Å²) < 4.78 is 5.08. The molecule has 0 saturated carbocycles. The highest BCUT2D eigenvalue weighted by Crippen LogP contribution is 2.30. The number of carbonyl (C=O) groups is 3. The van der Waals surface area contributed by atoms with Gasteiger partial charge in [-0.2, -0.15) is 0 Å². The average molecular weight is 433 g/mol. The second-order valence-electron chi connectivity index (χ2n) is 6.49. The summed E-state index contributed by atoms with van der Waals surface area (Å²) in [6.45, 7) is 2.04. The van der Waals surface area contributed by atoms with Crippen molar-refractivity contribution in [3.63, 3.8) is 0 Å². The van der Waals surface area contributed by atoms with E-state index in [1.54, 1.807) is 30.3 Å². The zero-order valence-corrected chi connectivity index (χ0v) is 17.7. The van der Waals surface area contributed by atoms with Crippen LogP contribution in [0.4, 0.5) is 11.4 Å². The summed E-state index contributed by atoms with van der Waals surface area (Å²) >= 11 is 7.21.